The summed E-state index contributed by atoms with van der Waals surface area (Å²) < 4.78 is 4.76. The first-order valence-corrected chi connectivity index (χ1v) is 5.95. The minimum atomic E-state index is -0.328. The molecular formula is C15H16O3. The molecule has 0 spiro atoms. The summed E-state index contributed by atoms with van der Waals surface area (Å²) >= 11 is 0. The van der Waals surface area contributed by atoms with Gasteiger partial charge in [0.15, 0.2) is 5.78 Å². The molecule has 0 radical (unpaired) electrons. The van der Waals surface area contributed by atoms with E-state index in [0.717, 1.165) is 5.56 Å². The van der Waals surface area contributed by atoms with Gasteiger partial charge < -0.3 is 4.74 Å². The third kappa shape index (κ3) is 4.42. The molecular weight excluding hydrogens is 228 g/mol. The Balaban J connectivity index is 2.71. The smallest absolute Gasteiger partial charge is 0.317 e. The molecule has 94 valence electrons. The van der Waals surface area contributed by atoms with Gasteiger partial charge in [-0.1, -0.05) is 30.9 Å². The molecule has 1 aromatic carbocycles. The minimum absolute atomic E-state index is 0.0692. The normalized spacial score (nSPS) is 9.22. The van der Waals surface area contributed by atoms with Gasteiger partial charge in [-0.3, -0.25) is 9.59 Å². The standard InChI is InChI=1S/C15H16O3/c1-3-14(16)13-9-5-7-12(11-13)8-6-10-15(17)18-4-2/h5,7,9,11H,3-4,10H2,1-2H3. The topological polar surface area (TPSA) is 43.4 Å². The van der Waals surface area contributed by atoms with Crippen molar-refractivity contribution in [1.29, 1.82) is 0 Å². The van der Waals surface area contributed by atoms with Crippen LogP contribution in [0, 0.1) is 11.8 Å². The van der Waals surface area contributed by atoms with E-state index in [9.17, 15) is 9.59 Å². The SMILES string of the molecule is CCOC(=O)CC#Cc1cccc(C(=O)CC)c1. The van der Waals surface area contributed by atoms with Crippen molar-refractivity contribution in [2.45, 2.75) is 26.7 Å². The highest BCUT2D eigenvalue weighted by Gasteiger charge is 2.02. The lowest BCUT2D eigenvalue weighted by molar-refractivity contribution is -0.141. The van der Waals surface area contributed by atoms with E-state index in [1.54, 1.807) is 25.1 Å². The molecule has 0 aromatic heterocycles. The maximum atomic E-state index is 11.5. The first-order valence-electron chi connectivity index (χ1n) is 5.95. The molecule has 18 heavy (non-hydrogen) atoms. The van der Waals surface area contributed by atoms with Crippen molar-refractivity contribution in [3.05, 3.63) is 35.4 Å². The minimum Gasteiger partial charge on any atom is -0.465 e. The fourth-order valence-electron chi connectivity index (χ4n) is 1.40. The van der Waals surface area contributed by atoms with Crippen LogP contribution in [0.5, 0.6) is 0 Å². The molecule has 3 nitrogen and oxygen atoms in total. The van der Waals surface area contributed by atoms with Crippen LogP contribution in [0.2, 0.25) is 0 Å². The Morgan fingerprint density at radius 3 is 2.72 bits per heavy atom. The Kier molecular flexibility index (Phi) is 5.66. The number of esters is 1. The second-order valence-corrected chi connectivity index (χ2v) is 3.64. The van der Waals surface area contributed by atoms with Crippen LogP contribution in [0.3, 0.4) is 0 Å². The molecule has 0 saturated carbocycles. The van der Waals surface area contributed by atoms with Crippen LogP contribution in [0.25, 0.3) is 0 Å². The van der Waals surface area contributed by atoms with Gasteiger partial charge in [0.2, 0.25) is 0 Å². The van der Waals surface area contributed by atoms with Crippen molar-refractivity contribution in [1.82, 2.24) is 0 Å². The average Bonchev–Trinajstić information content (AvgIpc) is 2.38. The lowest BCUT2D eigenvalue weighted by Crippen LogP contribution is -2.01. The summed E-state index contributed by atoms with van der Waals surface area (Å²) in [6.07, 6.45) is 0.541. The van der Waals surface area contributed by atoms with Gasteiger partial charge in [0.1, 0.15) is 6.42 Å². The van der Waals surface area contributed by atoms with Crippen LogP contribution in [0.1, 0.15) is 42.6 Å². The molecule has 0 heterocycles. The Morgan fingerprint density at radius 2 is 2.06 bits per heavy atom. The summed E-state index contributed by atoms with van der Waals surface area (Å²) in [5.41, 5.74) is 1.39. The van der Waals surface area contributed by atoms with Crippen LogP contribution in [-0.4, -0.2) is 18.4 Å². The van der Waals surface area contributed by atoms with Gasteiger partial charge in [-0.2, -0.15) is 0 Å². The average molecular weight is 244 g/mol. The predicted octanol–water partition coefficient (Wildman–Crippen LogP) is 2.58. The Hall–Kier alpha value is -2.08. The zero-order valence-corrected chi connectivity index (χ0v) is 10.7. The van der Waals surface area contributed by atoms with Gasteiger partial charge in [-0.15, -0.1) is 0 Å². The molecule has 0 N–H and O–H groups in total. The molecule has 0 bridgehead atoms. The van der Waals surface area contributed by atoms with Gasteiger partial charge in [-0.05, 0) is 19.1 Å². The number of ketones is 1. The lowest BCUT2D eigenvalue weighted by Gasteiger charge is -1.98. The fourth-order valence-corrected chi connectivity index (χ4v) is 1.40. The first-order chi connectivity index (χ1) is 8.67. The van der Waals surface area contributed by atoms with Gasteiger partial charge >= 0.3 is 5.97 Å². The van der Waals surface area contributed by atoms with Gasteiger partial charge in [0.25, 0.3) is 0 Å². The highest BCUT2D eigenvalue weighted by atomic mass is 16.5. The zero-order valence-electron chi connectivity index (χ0n) is 10.7. The maximum absolute atomic E-state index is 11.5. The number of ether oxygens (including phenoxy) is 1. The molecule has 3 heteroatoms. The van der Waals surface area contributed by atoms with E-state index in [1.165, 1.54) is 0 Å². The van der Waals surface area contributed by atoms with E-state index in [4.69, 9.17) is 4.74 Å². The second kappa shape index (κ2) is 7.29. The first kappa shape index (κ1) is 14.0. The Labute approximate surface area is 107 Å². The molecule has 0 unspecified atom stereocenters. The molecule has 1 rings (SSSR count). The number of rotatable bonds is 4. The van der Waals surface area contributed by atoms with Crippen LogP contribution in [0.4, 0.5) is 0 Å². The van der Waals surface area contributed by atoms with Crippen molar-refractivity contribution >= 4 is 11.8 Å². The largest absolute Gasteiger partial charge is 0.465 e. The van der Waals surface area contributed by atoms with Gasteiger partial charge in [0, 0.05) is 17.5 Å². The molecule has 0 atom stereocenters. The number of carbonyl (C=O) groups is 2. The number of carbonyl (C=O) groups excluding carboxylic acids is 2. The summed E-state index contributed by atoms with van der Waals surface area (Å²) in [6.45, 7) is 3.94. The lowest BCUT2D eigenvalue weighted by atomic mass is 10.1. The molecule has 1 aromatic rings. The van der Waals surface area contributed by atoms with E-state index in [2.05, 4.69) is 11.8 Å². The van der Waals surface area contributed by atoms with Gasteiger partial charge in [-0.25, -0.2) is 0 Å². The molecule has 0 aliphatic rings. The zero-order chi connectivity index (χ0) is 13.4. The monoisotopic (exact) mass is 244 g/mol. The Morgan fingerprint density at radius 1 is 1.28 bits per heavy atom. The second-order valence-electron chi connectivity index (χ2n) is 3.64. The summed E-state index contributed by atoms with van der Waals surface area (Å²) in [7, 11) is 0. The van der Waals surface area contributed by atoms with E-state index < -0.39 is 0 Å². The summed E-state index contributed by atoms with van der Waals surface area (Å²) in [6, 6.07) is 7.11. The predicted molar refractivity (Wildman–Crippen MR) is 69.2 cm³/mol. The number of hydrogen-bond acceptors (Lipinski definition) is 3. The van der Waals surface area contributed by atoms with Crippen molar-refractivity contribution in [2.75, 3.05) is 6.61 Å². The third-order valence-corrected chi connectivity index (χ3v) is 2.28. The number of benzene rings is 1. The number of Topliss-reactive ketones (excluding diaryl/α,β-unsaturated/α-hetero) is 1. The molecule has 0 aliphatic carbocycles. The molecule has 0 saturated heterocycles. The number of hydrogen-bond donors (Lipinski definition) is 0. The quantitative estimate of drug-likeness (QED) is 0.464. The fraction of sp³-hybridized carbons (Fsp3) is 0.333. The van der Waals surface area contributed by atoms with Crippen molar-refractivity contribution in [2.24, 2.45) is 0 Å². The maximum Gasteiger partial charge on any atom is 0.317 e. The van der Waals surface area contributed by atoms with Crippen LogP contribution in [-0.2, 0) is 9.53 Å². The molecule has 0 aliphatic heterocycles. The molecule has 0 fully saturated rings. The summed E-state index contributed by atoms with van der Waals surface area (Å²) in [5, 5.41) is 0. The third-order valence-electron chi connectivity index (χ3n) is 2.28. The van der Waals surface area contributed by atoms with E-state index in [0.29, 0.717) is 18.6 Å². The highest BCUT2D eigenvalue weighted by molar-refractivity contribution is 5.96. The van der Waals surface area contributed by atoms with Crippen LogP contribution >= 0.6 is 0 Å². The highest BCUT2D eigenvalue weighted by Crippen LogP contribution is 2.06. The van der Waals surface area contributed by atoms with Crippen molar-refractivity contribution in [3.8, 4) is 11.8 Å². The Bertz CT molecular complexity index is 492. The van der Waals surface area contributed by atoms with E-state index >= 15 is 0 Å². The van der Waals surface area contributed by atoms with Crippen molar-refractivity contribution in [3.63, 3.8) is 0 Å². The van der Waals surface area contributed by atoms with Crippen molar-refractivity contribution < 1.29 is 14.3 Å². The molecule has 0 amide bonds. The van der Waals surface area contributed by atoms with E-state index in [-0.39, 0.29) is 18.2 Å². The van der Waals surface area contributed by atoms with Gasteiger partial charge in [0.05, 0.1) is 6.61 Å². The summed E-state index contributed by atoms with van der Waals surface area (Å²) in [5.74, 6) is 5.34. The van der Waals surface area contributed by atoms with E-state index in [1.807, 2.05) is 13.0 Å². The summed E-state index contributed by atoms with van der Waals surface area (Å²) in [4.78, 5) is 22.6. The van der Waals surface area contributed by atoms with Crippen LogP contribution in [0.15, 0.2) is 24.3 Å². The van der Waals surface area contributed by atoms with Crippen LogP contribution < -0.4 is 0 Å².